The number of nitrogens with one attached hydrogen (secondary N) is 1. The first-order valence-electron chi connectivity index (χ1n) is 11.6. The number of ether oxygens (including phenoxy) is 1. The number of rotatable bonds is 7. The van der Waals surface area contributed by atoms with Gasteiger partial charge >= 0.3 is 0 Å². The number of hydrogen-bond acceptors (Lipinski definition) is 3. The number of nitrogens with zero attached hydrogens (tertiary/aromatic N) is 1. The summed E-state index contributed by atoms with van der Waals surface area (Å²) in [5.41, 5.74) is 5.40. The van der Waals surface area contributed by atoms with Crippen molar-refractivity contribution in [2.24, 2.45) is 5.92 Å². The van der Waals surface area contributed by atoms with E-state index in [1.54, 1.807) is 7.11 Å². The van der Waals surface area contributed by atoms with E-state index in [1.807, 2.05) is 19.1 Å². The van der Waals surface area contributed by atoms with Crippen molar-refractivity contribution >= 4 is 5.91 Å². The third-order valence-corrected chi connectivity index (χ3v) is 6.42. The van der Waals surface area contributed by atoms with Crippen LogP contribution in [0.2, 0.25) is 0 Å². The van der Waals surface area contributed by atoms with E-state index in [1.165, 1.54) is 37.1 Å². The molecule has 0 aromatic heterocycles. The lowest BCUT2D eigenvalue weighted by atomic mass is 9.93. The molecule has 0 unspecified atom stereocenters. The number of piperidine rings is 1. The van der Waals surface area contributed by atoms with Gasteiger partial charge in [0.05, 0.1) is 13.2 Å². The van der Waals surface area contributed by atoms with Crippen molar-refractivity contribution in [2.45, 2.75) is 66.0 Å². The molecule has 1 amide bonds. The molecule has 0 spiro atoms. The van der Waals surface area contributed by atoms with Gasteiger partial charge < -0.3 is 10.1 Å². The van der Waals surface area contributed by atoms with Crippen LogP contribution in [-0.2, 0) is 6.54 Å². The van der Waals surface area contributed by atoms with Gasteiger partial charge in [0.2, 0.25) is 0 Å². The van der Waals surface area contributed by atoms with Gasteiger partial charge in [0.1, 0.15) is 5.75 Å². The smallest absolute Gasteiger partial charge is 0.251 e. The maximum Gasteiger partial charge on any atom is 0.251 e. The Hall–Kier alpha value is -2.33. The van der Waals surface area contributed by atoms with E-state index in [4.69, 9.17) is 4.74 Å². The molecule has 4 nitrogen and oxygen atoms in total. The van der Waals surface area contributed by atoms with Crippen molar-refractivity contribution < 1.29 is 9.53 Å². The van der Waals surface area contributed by atoms with Gasteiger partial charge in [-0.15, -0.1) is 0 Å². The van der Waals surface area contributed by atoms with Crippen LogP contribution in [-0.4, -0.2) is 31.0 Å². The van der Waals surface area contributed by atoms with Gasteiger partial charge in [-0.1, -0.05) is 32.9 Å². The molecule has 168 valence electrons. The van der Waals surface area contributed by atoms with Gasteiger partial charge in [-0.3, -0.25) is 9.69 Å². The molecular weight excluding hydrogens is 384 g/mol. The normalized spacial score (nSPS) is 18.1. The third kappa shape index (κ3) is 5.88. The summed E-state index contributed by atoms with van der Waals surface area (Å²) in [6.07, 6.45) is 2.61. The van der Waals surface area contributed by atoms with Crippen molar-refractivity contribution in [1.82, 2.24) is 10.2 Å². The van der Waals surface area contributed by atoms with Crippen LogP contribution in [0.1, 0.15) is 85.1 Å². The fraction of sp³-hybridized carbons (Fsp3) is 0.519. The van der Waals surface area contributed by atoms with Crippen LogP contribution in [0.5, 0.6) is 5.75 Å². The molecule has 0 radical (unpaired) electrons. The highest BCUT2D eigenvalue weighted by Gasteiger charge is 2.19. The summed E-state index contributed by atoms with van der Waals surface area (Å²) in [6.45, 7) is 14.1. The molecule has 2 aromatic rings. The largest absolute Gasteiger partial charge is 0.496 e. The van der Waals surface area contributed by atoms with E-state index in [0.29, 0.717) is 11.5 Å². The van der Waals surface area contributed by atoms with E-state index in [-0.39, 0.29) is 11.9 Å². The zero-order valence-electron chi connectivity index (χ0n) is 20.0. The number of methoxy groups -OCH3 is 1. The molecule has 2 atom stereocenters. The van der Waals surface area contributed by atoms with Crippen LogP contribution in [0.25, 0.3) is 0 Å². The molecular formula is C27H38N2O2. The Morgan fingerprint density at radius 2 is 1.87 bits per heavy atom. The van der Waals surface area contributed by atoms with Crippen molar-refractivity contribution in [3.05, 3.63) is 64.2 Å². The molecule has 0 aliphatic carbocycles. The Kier molecular flexibility index (Phi) is 7.77. The van der Waals surface area contributed by atoms with Crippen LogP contribution in [0.3, 0.4) is 0 Å². The first-order valence-corrected chi connectivity index (χ1v) is 11.6. The molecule has 1 heterocycles. The number of carbonyl (C=O) groups excluding carboxylic acids is 1. The summed E-state index contributed by atoms with van der Waals surface area (Å²) in [4.78, 5) is 15.4. The zero-order valence-corrected chi connectivity index (χ0v) is 20.0. The average molecular weight is 423 g/mol. The van der Waals surface area contributed by atoms with Crippen molar-refractivity contribution in [1.29, 1.82) is 0 Å². The van der Waals surface area contributed by atoms with E-state index in [2.05, 4.69) is 62.2 Å². The van der Waals surface area contributed by atoms with Gasteiger partial charge in [0, 0.05) is 18.7 Å². The number of hydrogen-bond donors (Lipinski definition) is 1. The topological polar surface area (TPSA) is 41.6 Å². The lowest BCUT2D eigenvalue weighted by Gasteiger charge is -2.30. The summed E-state index contributed by atoms with van der Waals surface area (Å²) in [5, 5.41) is 3.17. The quantitative estimate of drug-likeness (QED) is 0.608. The third-order valence-electron chi connectivity index (χ3n) is 6.42. The Labute approximate surface area is 188 Å². The van der Waals surface area contributed by atoms with Crippen molar-refractivity contribution in [2.75, 3.05) is 20.2 Å². The molecule has 0 bridgehead atoms. The molecule has 2 aromatic carbocycles. The lowest BCUT2D eigenvalue weighted by Crippen LogP contribution is -2.33. The van der Waals surface area contributed by atoms with Gasteiger partial charge in [0.25, 0.3) is 5.91 Å². The first kappa shape index (κ1) is 23.3. The molecule has 3 rings (SSSR count). The SMILES string of the molecule is COc1cc(C)c([C@H](C)NC(=O)c2ccc(CN3CCC[C@H](C)C3)cc2)cc1C(C)C. The van der Waals surface area contributed by atoms with Crippen LogP contribution < -0.4 is 10.1 Å². The average Bonchev–Trinajstić information content (AvgIpc) is 2.73. The minimum atomic E-state index is -0.0783. The maximum absolute atomic E-state index is 12.9. The summed E-state index contributed by atoms with van der Waals surface area (Å²) < 4.78 is 5.55. The van der Waals surface area contributed by atoms with Gasteiger partial charge in [-0.05, 0) is 91.6 Å². The fourth-order valence-corrected chi connectivity index (χ4v) is 4.62. The van der Waals surface area contributed by atoms with Crippen LogP contribution in [0.4, 0.5) is 0 Å². The first-order chi connectivity index (χ1) is 14.8. The molecule has 1 saturated heterocycles. The van der Waals surface area contributed by atoms with Crippen LogP contribution >= 0.6 is 0 Å². The molecule has 31 heavy (non-hydrogen) atoms. The molecule has 1 N–H and O–H groups in total. The monoisotopic (exact) mass is 422 g/mol. The molecule has 1 fully saturated rings. The Morgan fingerprint density at radius 3 is 2.48 bits per heavy atom. The number of benzene rings is 2. The molecule has 1 aliphatic rings. The lowest BCUT2D eigenvalue weighted by molar-refractivity contribution is 0.0940. The number of aryl methyl sites for hydroxylation is 1. The fourth-order valence-electron chi connectivity index (χ4n) is 4.62. The highest BCUT2D eigenvalue weighted by molar-refractivity contribution is 5.94. The molecule has 1 aliphatic heterocycles. The minimum Gasteiger partial charge on any atom is -0.496 e. The van der Waals surface area contributed by atoms with Gasteiger partial charge in [-0.2, -0.15) is 0 Å². The summed E-state index contributed by atoms with van der Waals surface area (Å²) >= 11 is 0. The predicted octanol–water partition coefficient (Wildman–Crippen LogP) is 5.85. The highest BCUT2D eigenvalue weighted by Crippen LogP contribution is 2.32. The maximum atomic E-state index is 12.9. The summed E-state index contributed by atoms with van der Waals surface area (Å²) in [6, 6.07) is 12.3. The van der Waals surface area contributed by atoms with Crippen LogP contribution in [0, 0.1) is 12.8 Å². The standard InChI is InChI=1S/C27H38N2O2/c1-18(2)24-15-25(20(4)14-26(24)31-6)21(5)28-27(30)23-11-9-22(10-12-23)17-29-13-7-8-19(3)16-29/h9-12,14-15,18-19,21H,7-8,13,16-17H2,1-6H3,(H,28,30)/t19-,21-/m0/s1. The molecule has 4 heteroatoms. The summed E-state index contributed by atoms with van der Waals surface area (Å²) in [5.74, 6) is 2.01. The van der Waals surface area contributed by atoms with Gasteiger partial charge in [0.15, 0.2) is 0 Å². The Balaban J connectivity index is 1.66. The second-order valence-corrected chi connectivity index (χ2v) is 9.48. The highest BCUT2D eigenvalue weighted by atomic mass is 16.5. The second-order valence-electron chi connectivity index (χ2n) is 9.48. The van der Waals surface area contributed by atoms with E-state index < -0.39 is 0 Å². The molecule has 0 saturated carbocycles. The number of amides is 1. The van der Waals surface area contributed by atoms with Gasteiger partial charge in [-0.25, -0.2) is 0 Å². The van der Waals surface area contributed by atoms with E-state index in [0.717, 1.165) is 29.3 Å². The van der Waals surface area contributed by atoms with Crippen molar-refractivity contribution in [3.63, 3.8) is 0 Å². The number of carbonyl (C=O) groups is 1. The zero-order chi connectivity index (χ0) is 22.5. The second kappa shape index (κ2) is 10.3. The minimum absolute atomic E-state index is 0.0352. The van der Waals surface area contributed by atoms with Crippen LogP contribution in [0.15, 0.2) is 36.4 Å². The number of likely N-dealkylation sites (tertiary alicyclic amines) is 1. The van der Waals surface area contributed by atoms with E-state index in [9.17, 15) is 4.79 Å². The Morgan fingerprint density at radius 1 is 1.16 bits per heavy atom. The predicted molar refractivity (Wildman–Crippen MR) is 128 cm³/mol. The van der Waals surface area contributed by atoms with E-state index >= 15 is 0 Å². The summed E-state index contributed by atoms with van der Waals surface area (Å²) in [7, 11) is 1.71. The Bertz CT molecular complexity index is 889. The van der Waals surface area contributed by atoms with Crippen molar-refractivity contribution in [3.8, 4) is 5.75 Å².